The van der Waals surface area contributed by atoms with E-state index in [1.54, 1.807) is 6.07 Å². The zero-order valence-electron chi connectivity index (χ0n) is 16.8. The summed E-state index contributed by atoms with van der Waals surface area (Å²) in [5, 5.41) is 2.32. The average Bonchev–Trinajstić information content (AvgIpc) is 3.05. The van der Waals surface area contributed by atoms with Gasteiger partial charge in [-0.05, 0) is 42.0 Å². The fourth-order valence-corrected chi connectivity index (χ4v) is 3.62. The summed E-state index contributed by atoms with van der Waals surface area (Å²) in [7, 11) is 0. The Morgan fingerprint density at radius 3 is 1.82 bits per heavy atom. The molecule has 0 radical (unpaired) electrons. The molecule has 0 saturated carbocycles. The lowest BCUT2D eigenvalue weighted by Gasteiger charge is -2.28. The third kappa shape index (κ3) is 4.21. The van der Waals surface area contributed by atoms with Crippen molar-refractivity contribution in [2.75, 3.05) is 5.32 Å². The van der Waals surface area contributed by atoms with Crippen LogP contribution in [-0.2, 0) is 11.0 Å². The van der Waals surface area contributed by atoms with E-state index in [4.69, 9.17) is 0 Å². The molecule has 0 saturated heterocycles. The third-order valence-corrected chi connectivity index (χ3v) is 5.25. The first-order chi connectivity index (χ1) is 15.7. The highest BCUT2D eigenvalue weighted by Crippen LogP contribution is 2.33. The first-order valence-electron chi connectivity index (χ1n) is 9.82. The summed E-state index contributed by atoms with van der Waals surface area (Å²) in [6, 6.07) is 15.0. The SMILES string of the molecule is O=C(Nc1ccc(C(F)(F)F)cc1)[C@H]([C@@H](F)c1ccccc1)N1C(=O)c2ccccc2C1=O. The number of nitrogens with one attached hydrogen (secondary N) is 1. The van der Waals surface area contributed by atoms with Crippen LogP contribution in [0.3, 0.4) is 0 Å². The Morgan fingerprint density at radius 1 is 0.788 bits per heavy atom. The van der Waals surface area contributed by atoms with Crippen LogP contribution in [0.5, 0.6) is 0 Å². The van der Waals surface area contributed by atoms with Crippen molar-refractivity contribution < 1.29 is 31.9 Å². The Balaban J connectivity index is 1.69. The van der Waals surface area contributed by atoms with Crippen molar-refractivity contribution >= 4 is 23.4 Å². The lowest BCUT2D eigenvalue weighted by Crippen LogP contribution is -2.49. The van der Waals surface area contributed by atoms with Crippen molar-refractivity contribution in [1.29, 1.82) is 0 Å². The molecule has 2 atom stereocenters. The number of hydrogen-bond acceptors (Lipinski definition) is 3. The van der Waals surface area contributed by atoms with Crippen LogP contribution >= 0.6 is 0 Å². The Labute approximate surface area is 185 Å². The summed E-state index contributed by atoms with van der Waals surface area (Å²) in [6.07, 6.45) is -6.65. The number of fused-ring (bicyclic) bond motifs is 1. The first-order valence-corrected chi connectivity index (χ1v) is 9.82. The molecule has 168 valence electrons. The predicted molar refractivity (Wildman–Crippen MR) is 111 cm³/mol. The molecule has 0 unspecified atom stereocenters. The van der Waals surface area contributed by atoms with Crippen LogP contribution in [0.2, 0.25) is 0 Å². The zero-order chi connectivity index (χ0) is 23.8. The predicted octanol–water partition coefficient (Wildman–Crippen LogP) is 5.02. The smallest absolute Gasteiger partial charge is 0.324 e. The number of anilines is 1. The molecule has 1 N–H and O–H groups in total. The van der Waals surface area contributed by atoms with E-state index in [2.05, 4.69) is 5.32 Å². The van der Waals surface area contributed by atoms with Gasteiger partial charge in [0.1, 0.15) is 0 Å². The van der Waals surface area contributed by atoms with E-state index < -0.39 is 41.7 Å². The van der Waals surface area contributed by atoms with Gasteiger partial charge in [0.25, 0.3) is 17.7 Å². The van der Waals surface area contributed by atoms with Crippen molar-refractivity contribution in [2.24, 2.45) is 0 Å². The molecule has 0 aromatic heterocycles. The Morgan fingerprint density at radius 2 is 1.30 bits per heavy atom. The molecule has 0 bridgehead atoms. The summed E-state index contributed by atoms with van der Waals surface area (Å²) >= 11 is 0. The van der Waals surface area contributed by atoms with Crippen molar-refractivity contribution in [1.82, 2.24) is 4.90 Å². The minimum atomic E-state index is -4.57. The number of carbonyl (C=O) groups excluding carboxylic acids is 3. The zero-order valence-corrected chi connectivity index (χ0v) is 16.8. The van der Waals surface area contributed by atoms with Gasteiger partial charge in [-0.3, -0.25) is 19.3 Å². The van der Waals surface area contributed by atoms with Gasteiger partial charge < -0.3 is 5.32 Å². The van der Waals surface area contributed by atoms with Crippen LogP contribution < -0.4 is 5.32 Å². The molecular formula is C24H16F4N2O3. The molecule has 3 aromatic rings. The van der Waals surface area contributed by atoms with Gasteiger partial charge in [0.05, 0.1) is 16.7 Å². The minimum Gasteiger partial charge on any atom is -0.324 e. The molecule has 0 aliphatic carbocycles. The molecule has 0 spiro atoms. The number of benzene rings is 3. The summed E-state index contributed by atoms with van der Waals surface area (Å²) in [5.41, 5.74) is -0.841. The molecule has 9 heteroatoms. The number of nitrogens with zero attached hydrogens (tertiary/aromatic N) is 1. The molecule has 1 aliphatic heterocycles. The van der Waals surface area contributed by atoms with Gasteiger partial charge in [-0.2, -0.15) is 13.2 Å². The highest BCUT2D eigenvalue weighted by atomic mass is 19.4. The van der Waals surface area contributed by atoms with Gasteiger partial charge in [-0.25, -0.2) is 4.39 Å². The van der Waals surface area contributed by atoms with E-state index in [0.29, 0.717) is 4.90 Å². The fourth-order valence-electron chi connectivity index (χ4n) is 3.62. The minimum absolute atomic E-state index is 0.0371. The highest BCUT2D eigenvalue weighted by Gasteiger charge is 2.47. The van der Waals surface area contributed by atoms with Gasteiger partial charge in [-0.1, -0.05) is 42.5 Å². The molecule has 5 nitrogen and oxygen atoms in total. The van der Waals surface area contributed by atoms with Crippen LogP contribution in [0, 0.1) is 0 Å². The second kappa shape index (κ2) is 8.50. The van der Waals surface area contributed by atoms with Gasteiger partial charge in [0.15, 0.2) is 12.2 Å². The number of rotatable bonds is 5. The lowest BCUT2D eigenvalue weighted by atomic mass is 10.0. The van der Waals surface area contributed by atoms with Gasteiger partial charge in [-0.15, -0.1) is 0 Å². The van der Waals surface area contributed by atoms with Gasteiger partial charge >= 0.3 is 6.18 Å². The second-order valence-electron chi connectivity index (χ2n) is 7.35. The van der Waals surface area contributed by atoms with E-state index >= 15 is 4.39 Å². The van der Waals surface area contributed by atoms with Gasteiger partial charge in [0.2, 0.25) is 0 Å². The monoisotopic (exact) mass is 456 g/mol. The molecule has 33 heavy (non-hydrogen) atoms. The van der Waals surface area contributed by atoms with E-state index in [1.807, 2.05) is 0 Å². The Hall–Kier alpha value is -4.01. The van der Waals surface area contributed by atoms with Gasteiger partial charge in [0, 0.05) is 5.69 Å². The third-order valence-electron chi connectivity index (χ3n) is 5.25. The van der Waals surface area contributed by atoms with Crippen molar-refractivity contribution in [2.45, 2.75) is 18.4 Å². The average molecular weight is 456 g/mol. The number of alkyl halides is 4. The lowest BCUT2D eigenvalue weighted by molar-refractivity contribution is -0.137. The molecular weight excluding hydrogens is 440 g/mol. The van der Waals surface area contributed by atoms with E-state index in [0.717, 1.165) is 24.3 Å². The van der Waals surface area contributed by atoms with Crippen molar-refractivity contribution in [3.05, 3.63) is 101 Å². The number of amides is 3. The molecule has 4 rings (SSSR count). The Kier molecular flexibility index (Phi) is 5.71. The molecule has 1 heterocycles. The normalized spacial score (nSPS) is 15.2. The van der Waals surface area contributed by atoms with Crippen LogP contribution in [0.4, 0.5) is 23.2 Å². The maximum absolute atomic E-state index is 15.6. The largest absolute Gasteiger partial charge is 0.416 e. The number of halogens is 4. The quantitative estimate of drug-likeness (QED) is 0.433. The molecule has 3 aromatic carbocycles. The standard InChI is InChI=1S/C24H16F4N2O3/c25-19(14-6-2-1-3-7-14)20(30-22(32)17-8-4-5-9-18(17)23(30)33)21(31)29-16-12-10-15(11-13-16)24(26,27)28/h1-13,19-20H,(H,29,31)/t19-,20-/m0/s1. The summed E-state index contributed by atoms with van der Waals surface area (Å²) in [6.45, 7) is 0. The van der Waals surface area contributed by atoms with Crippen LogP contribution in [0.1, 0.15) is 38.0 Å². The van der Waals surface area contributed by atoms with E-state index in [-0.39, 0.29) is 22.4 Å². The maximum Gasteiger partial charge on any atom is 0.416 e. The van der Waals surface area contributed by atoms with Crippen molar-refractivity contribution in [3.63, 3.8) is 0 Å². The van der Waals surface area contributed by atoms with E-state index in [1.165, 1.54) is 48.5 Å². The Bertz CT molecular complexity index is 1180. The highest BCUT2D eigenvalue weighted by molar-refractivity contribution is 6.23. The number of imide groups is 1. The first kappa shape index (κ1) is 22.2. The molecule has 3 amide bonds. The molecule has 0 fully saturated rings. The number of hydrogen-bond donors (Lipinski definition) is 1. The van der Waals surface area contributed by atoms with Crippen LogP contribution in [0.25, 0.3) is 0 Å². The summed E-state index contributed by atoms with van der Waals surface area (Å²) in [5.74, 6) is -2.72. The summed E-state index contributed by atoms with van der Waals surface area (Å²) in [4.78, 5) is 39.5. The fraction of sp³-hybridized carbons (Fsp3) is 0.125. The van der Waals surface area contributed by atoms with Crippen molar-refractivity contribution in [3.8, 4) is 0 Å². The number of carbonyl (C=O) groups is 3. The summed E-state index contributed by atoms with van der Waals surface area (Å²) < 4.78 is 54.1. The maximum atomic E-state index is 15.6. The molecule has 1 aliphatic rings. The van der Waals surface area contributed by atoms with Crippen LogP contribution in [0.15, 0.2) is 78.9 Å². The second-order valence-corrected chi connectivity index (χ2v) is 7.35. The van der Waals surface area contributed by atoms with Crippen LogP contribution in [-0.4, -0.2) is 28.7 Å². The van der Waals surface area contributed by atoms with E-state index in [9.17, 15) is 27.6 Å². The topological polar surface area (TPSA) is 66.5 Å².